The van der Waals surface area contributed by atoms with Crippen LogP contribution in [0, 0.1) is 11.8 Å². The zero-order valence-corrected chi connectivity index (χ0v) is 13.5. The third kappa shape index (κ3) is 5.33. The molecule has 0 unspecified atom stereocenters. The van der Waals surface area contributed by atoms with Crippen LogP contribution in [0.5, 0.6) is 0 Å². The Balaban J connectivity index is 3.06. The lowest BCUT2D eigenvalue weighted by Crippen LogP contribution is -2.32. The third-order valence-corrected chi connectivity index (χ3v) is 2.88. The molecule has 0 aromatic carbocycles. The molecule has 0 saturated carbocycles. The third-order valence-electron chi connectivity index (χ3n) is 2.88. The van der Waals surface area contributed by atoms with Crippen molar-refractivity contribution < 1.29 is 0 Å². The number of nitrogens with one attached hydrogen (secondary N) is 1. The van der Waals surface area contributed by atoms with E-state index in [9.17, 15) is 0 Å². The van der Waals surface area contributed by atoms with Gasteiger partial charge in [0, 0.05) is 25.6 Å². The van der Waals surface area contributed by atoms with Gasteiger partial charge in [-0.25, -0.2) is 15.8 Å². The Morgan fingerprint density at radius 2 is 1.75 bits per heavy atom. The van der Waals surface area contributed by atoms with Gasteiger partial charge in [-0.15, -0.1) is 0 Å². The van der Waals surface area contributed by atoms with E-state index in [1.54, 1.807) is 0 Å². The Labute approximate surface area is 123 Å². The molecule has 0 aliphatic carbocycles. The summed E-state index contributed by atoms with van der Waals surface area (Å²) in [5.74, 6) is 9.23. The molecule has 1 heterocycles. The molecule has 5 heteroatoms. The van der Waals surface area contributed by atoms with Crippen LogP contribution in [0.25, 0.3) is 0 Å². The first-order chi connectivity index (χ1) is 9.46. The number of rotatable bonds is 8. The highest BCUT2D eigenvalue weighted by Crippen LogP contribution is 2.19. The van der Waals surface area contributed by atoms with Gasteiger partial charge in [0.05, 0.1) is 0 Å². The highest BCUT2D eigenvalue weighted by atomic mass is 15.3. The van der Waals surface area contributed by atoms with Crippen LogP contribution < -0.4 is 16.2 Å². The average Bonchev–Trinajstić information content (AvgIpc) is 2.37. The quantitative estimate of drug-likeness (QED) is 0.566. The zero-order valence-electron chi connectivity index (χ0n) is 13.5. The van der Waals surface area contributed by atoms with E-state index in [2.05, 4.69) is 49.9 Å². The number of hydrazine groups is 1. The molecule has 0 saturated heterocycles. The van der Waals surface area contributed by atoms with Crippen molar-refractivity contribution in [3.63, 3.8) is 0 Å². The number of aromatic nitrogens is 2. The van der Waals surface area contributed by atoms with Crippen molar-refractivity contribution in [3.05, 3.63) is 11.9 Å². The molecular weight excluding hydrogens is 250 g/mol. The number of hydrogen-bond acceptors (Lipinski definition) is 5. The van der Waals surface area contributed by atoms with Gasteiger partial charge in [-0.05, 0) is 18.3 Å². The molecule has 1 aromatic heterocycles. The fourth-order valence-electron chi connectivity index (χ4n) is 2.20. The van der Waals surface area contributed by atoms with Gasteiger partial charge >= 0.3 is 0 Å². The Hall–Kier alpha value is -1.36. The summed E-state index contributed by atoms with van der Waals surface area (Å²) in [5.41, 5.74) is 2.65. The molecule has 0 bridgehead atoms. The number of nitrogens with two attached hydrogens (primary N) is 1. The summed E-state index contributed by atoms with van der Waals surface area (Å²) in [6.07, 6.45) is 1.90. The first kappa shape index (κ1) is 16.7. The normalized spacial score (nSPS) is 11.2. The van der Waals surface area contributed by atoms with Crippen molar-refractivity contribution >= 4 is 11.6 Å². The molecule has 0 aliphatic heterocycles. The van der Waals surface area contributed by atoms with Crippen LogP contribution in [0.15, 0.2) is 6.07 Å². The smallest absolute Gasteiger partial charge is 0.145 e. The predicted octanol–water partition coefficient (Wildman–Crippen LogP) is 2.83. The SMILES string of the molecule is CCCc1nc(NN)cc(N(CC(C)C)CC(C)C)n1. The van der Waals surface area contributed by atoms with E-state index in [1.165, 1.54) is 0 Å². The predicted molar refractivity (Wildman–Crippen MR) is 85.7 cm³/mol. The molecule has 20 heavy (non-hydrogen) atoms. The number of aryl methyl sites for hydroxylation is 1. The molecule has 0 radical (unpaired) electrons. The summed E-state index contributed by atoms with van der Waals surface area (Å²) in [4.78, 5) is 11.4. The second kappa shape index (κ2) is 8.04. The van der Waals surface area contributed by atoms with Crippen LogP contribution in [-0.4, -0.2) is 23.1 Å². The highest BCUT2D eigenvalue weighted by molar-refractivity contribution is 5.49. The van der Waals surface area contributed by atoms with E-state index < -0.39 is 0 Å². The molecule has 0 atom stereocenters. The average molecular weight is 279 g/mol. The highest BCUT2D eigenvalue weighted by Gasteiger charge is 2.14. The summed E-state index contributed by atoms with van der Waals surface area (Å²) in [7, 11) is 0. The lowest BCUT2D eigenvalue weighted by atomic mass is 10.1. The topological polar surface area (TPSA) is 67.1 Å². The first-order valence-corrected chi connectivity index (χ1v) is 7.55. The Morgan fingerprint density at radius 3 is 2.20 bits per heavy atom. The molecule has 0 amide bonds. The molecule has 3 N–H and O–H groups in total. The maximum absolute atomic E-state index is 5.53. The lowest BCUT2D eigenvalue weighted by Gasteiger charge is -2.28. The van der Waals surface area contributed by atoms with Crippen LogP contribution in [0.1, 0.15) is 46.9 Å². The van der Waals surface area contributed by atoms with Crippen molar-refractivity contribution in [1.82, 2.24) is 9.97 Å². The van der Waals surface area contributed by atoms with Crippen LogP contribution in [-0.2, 0) is 6.42 Å². The van der Waals surface area contributed by atoms with Crippen molar-refractivity contribution in [2.24, 2.45) is 17.7 Å². The van der Waals surface area contributed by atoms with Crippen LogP contribution in [0.4, 0.5) is 11.6 Å². The number of hydrogen-bond donors (Lipinski definition) is 2. The van der Waals surface area contributed by atoms with Crippen molar-refractivity contribution in [1.29, 1.82) is 0 Å². The van der Waals surface area contributed by atoms with E-state index in [-0.39, 0.29) is 0 Å². The zero-order chi connectivity index (χ0) is 15.1. The summed E-state index contributed by atoms with van der Waals surface area (Å²) in [6.45, 7) is 13.0. The van der Waals surface area contributed by atoms with Gasteiger partial charge < -0.3 is 10.3 Å². The summed E-state index contributed by atoms with van der Waals surface area (Å²) in [5, 5.41) is 0. The second-order valence-corrected chi connectivity index (χ2v) is 6.11. The summed E-state index contributed by atoms with van der Waals surface area (Å²) < 4.78 is 0. The fraction of sp³-hybridized carbons (Fsp3) is 0.733. The van der Waals surface area contributed by atoms with Crippen molar-refractivity contribution in [2.45, 2.75) is 47.5 Å². The van der Waals surface area contributed by atoms with Crippen LogP contribution in [0.2, 0.25) is 0 Å². The molecule has 1 rings (SSSR count). The van der Waals surface area contributed by atoms with E-state index in [0.29, 0.717) is 17.7 Å². The lowest BCUT2D eigenvalue weighted by molar-refractivity contribution is 0.547. The van der Waals surface area contributed by atoms with Crippen LogP contribution in [0.3, 0.4) is 0 Å². The first-order valence-electron chi connectivity index (χ1n) is 7.55. The van der Waals surface area contributed by atoms with Crippen molar-refractivity contribution in [3.8, 4) is 0 Å². The number of anilines is 2. The number of nitrogens with zero attached hydrogens (tertiary/aromatic N) is 3. The van der Waals surface area contributed by atoms with E-state index in [4.69, 9.17) is 10.8 Å². The maximum atomic E-state index is 5.53. The van der Waals surface area contributed by atoms with Gasteiger partial charge in [-0.1, -0.05) is 34.6 Å². The molecule has 0 fully saturated rings. The van der Waals surface area contributed by atoms with E-state index >= 15 is 0 Å². The van der Waals surface area contributed by atoms with Crippen LogP contribution >= 0.6 is 0 Å². The largest absolute Gasteiger partial charge is 0.356 e. The molecule has 0 aliphatic rings. The van der Waals surface area contributed by atoms with Crippen molar-refractivity contribution in [2.75, 3.05) is 23.4 Å². The van der Waals surface area contributed by atoms with E-state index in [1.807, 2.05) is 6.07 Å². The monoisotopic (exact) mass is 279 g/mol. The molecular formula is C15H29N5. The minimum absolute atomic E-state index is 0.590. The minimum atomic E-state index is 0.590. The molecule has 5 nitrogen and oxygen atoms in total. The standard InChI is InChI=1S/C15H29N5/c1-6-7-13-17-14(19-16)8-15(18-13)20(9-11(2)3)10-12(4)5/h8,11-12H,6-7,9-10,16H2,1-5H3,(H,17,18,19). The van der Waals surface area contributed by atoms with Gasteiger partial charge in [-0.3, -0.25) is 0 Å². The Morgan fingerprint density at radius 1 is 1.15 bits per heavy atom. The van der Waals surface area contributed by atoms with Gasteiger partial charge in [-0.2, -0.15) is 0 Å². The summed E-state index contributed by atoms with van der Waals surface area (Å²) in [6, 6.07) is 1.93. The molecule has 114 valence electrons. The number of nitrogen functional groups attached to an aromatic ring is 1. The summed E-state index contributed by atoms with van der Waals surface area (Å²) >= 11 is 0. The second-order valence-electron chi connectivity index (χ2n) is 6.11. The van der Waals surface area contributed by atoms with Gasteiger partial charge in [0.25, 0.3) is 0 Å². The van der Waals surface area contributed by atoms with E-state index in [0.717, 1.165) is 37.6 Å². The van der Waals surface area contributed by atoms with Gasteiger partial charge in [0.1, 0.15) is 17.5 Å². The molecule has 1 aromatic rings. The van der Waals surface area contributed by atoms with Gasteiger partial charge in [0.2, 0.25) is 0 Å². The Bertz CT molecular complexity index is 393. The maximum Gasteiger partial charge on any atom is 0.145 e. The van der Waals surface area contributed by atoms with Gasteiger partial charge in [0.15, 0.2) is 0 Å². The fourth-order valence-corrected chi connectivity index (χ4v) is 2.20. The Kier molecular flexibility index (Phi) is 6.71. The minimum Gasteiger partial charge on any atom is -0.356 e. The molecule has 0 spiro atoms.